The number of halogens is 3. The minimum absolute atomic E-state index is 0.0406. The predicted molar refractivity (Wildman–Crippen MR) is 73.8 cm³/mol. The van der Waals surface area contributed by atoms with E-state index in [0.29, 0.717) is 19.4 Å². The molecule has 7 heteroatoms. The van der Waals surface area contributed by atoms with Crippen molar-refractivity contribution in [2.75, 3.05) is 25.9 Å². The molecule has 1 aromatic rings. The summed E-state index contributed by atoms with van der Waals surface area (Å²) in [5.74, 6) is -0.482. The predicted octanol–water partition coefficient (Wildman–Crippen LogP) is 2.52. The fourth-order valence-corrected chi connectivity index (χ4v) is 1.89. The van der Waals surface area contributed by atoms with Crippen LogP contribution >= 0.6 is 0 Å². The number of carbonyl (C=O) groups is 1. The zero-order chi connectivity index (χ0) is 16.0. The molecule has 0 heterocycles. The van der Waals surface area contributed by atoms with Crippen molar-refractivity contribution < 1.29 is 23.1 Å². The molecule has 0 aliphatic heterocycles. The zero-order valence-corrected chi connectivity index (χ0v) is 11.8. The maximum Gasteiger partial charge on any atom is 0.418 e. The minimum Gasteiger partial charge on any atom is -0.398 e. The molecule has 4 nitrogen and oxygen atoms in total. The number of amides is 1. The summed E-state index contributed by atoms with van der Waals surface area (Å²) in [5, 5.41) is 8.65. The molecule has 1 aromatic carbocycles. The third-order valence-corrected chi connectivity index (χ3v) is 3.10. The van der Waals surface area contributed by atoms with Crippen molar-refractivity contribution in [3.8, 4) is 0 Å². The molecule has 0 saturated heterocycles. The number of benzene rings is 1. The molecular weight excluding hydrogens is 285 g/mol. The molecule has 0 fully saturated rings. The number of unbranched alkanes of at least 4 members (excludes halogenated alkanes) is 2. The molecule has 1 rings (SSSR count). The lowest BCUT2D eigenvalue weighted by Gasteiger charge is -2.18. The standard InChI is InChI=1S/C14H19F3N2O2/c1-19(7-3-2-4-8-20)13(21)10-5-6-12(18)11(9-10)14(15,16)17/h5-6,9,20H,2-4,7-8,18H2,1H3. The number of alkyl halides is 3. The van der Waals surface area contributed by atoms with E-state index >= 15 is 0 Å². The SMILES string of the molecule is CN(CCCCCO)C(=O)c1ccc(N)c(C(F)(F)F)c1. The summed E-state index contributed by atoms with van der Waals surface area (Å²) in [6.45, 7) is 0.509. The molecule has 1 amide bonds. The number of hydrogen-bond donors (Lipinski definition) is 2. The van der Waals surface area contributed by atoms with Crippen molar-refractivity contribution >= 4 is 11.6 Å². The van der Waals surface area contributed by atoms with Crippen molar-refractivity contribution in [3.63, 3.8) is 0 Å². The molecule has 3 N–H and O–H groups in total. The third kappa shape index (κ3) is 4.93. The Balaban J connectivity index is 2.78. The first kappa shape index (κ1) is 17.3. The van der Waals surface area contributed by atoms with Crippen molar-refractivity contribution in [1.82, 2.24) is 4.90 Å². The van der Waals surface area contributed by atoms with Gasteiger partial charge in [-0.3, -0.25) is 4.79 Å². The van der Waals surface area contributed by atoms with Gasteiger partial charge < -0.3 is 15.7 Å². The highest BCUT2D eigenvalue weighted by atomic mass is 19.4. The Morgan fingerprint density at radius 1 is 1.29 bits per heavy atom. The van der Waals surface area contributed by atoms with Gasteiger partial charge in [0.1, 0.15) is 0 Å². The van der Waals surface area contributed by atoms with Crippen LogP contribution in [-0.4, -0.2) is 36.1 Å². The van der Waals surface area contributed by atoms with Crippen LogP contribution in [0.15, 0.2) is 18.2 Å². The summed E-state index contributed by atoms with van der Waals surface area (Å²) in [4.78, 5) is 13.4. The second-order valence-electron chi connectivity index (χ2n) is 4.81. The van der Waals surface area contributed by atoms with Gasteiger partial charge in [0.05, 0.1) is 5.56 Å². The van der Waals surface area contributed by atoms with E-state index in [1.165, 1.54) is 18.0 Å². The first-order valence-corrected chi connectivity index (χ1v) is 6.60. The molecule has 0 bridgehead atoms. The molecule has 0 aliphatic rings. The number of nitrogen functional groups attached to an aromatic ring is 1. The van der Waals surface area contributed by atoms with Gasteiger partial charge in [0, 0.05) is 31.5 Å². The lowest BCUT2D eigenvalue weighted by Crippen LogP contribution is -2.28. The number of hydrogen-bond acceptors (Lipinski definition) is 3. The van der Waals surface area contributed by atoms with E-state index in [-0.39, 0.29) is 12.2 Å². The molecule has 0 unspecified atom stereocenters. The fraction of sp³-hybridized carbons (Fsp3) is 0.500. The largest absolute Gasteiger partial charge is 0.418 e. The Bertz CT molecular complexity index is 490. The van der Waals surface area contributed by atoms with Gasteiger partial charge in [-0.2, -0.15) is 13.2 Å². The van der Waals surface area contributed by atoms with Crippen LogP contribution < -0.4 is 5.73 Å². The Kier molecular flexibility index (Phi) is 6.02. The van der Waals surface area contributed by atoms with Crippen LogP contribution in [0.2, 0.25) is 0 Å². The minimum atomic E-state index is -4.58. The van der Waals surface area contributed by atoms with Crippen LogP contribution in [0.25, 0.3) is 0 Å². The van der Waals surface area contributed by atoms with E-state index in [0.717, 1.165) is 18.6 Å². The maximum absolute atomic E-state index is 12.8. The van der Waals surface area contributed by atoms with E-state index in [4.69, 9.17) is 10.8 Å². The lowest BCUT2D eigenvalue weighted by molar-refractivity contribution is -0.136. The van der Waals surface area contributed by atoms with Gasteiger partial charge >= 0.3 is 6.18 Å². The van der Waals surface area contributed by atoms with Gasteiger partial charge in [-0.25, -0.2) is 0 Å². The average molecular weight is 304 g/mol. The van der Waals surface area contributed by atoms with Gasteiger partial charge in [0.15, 0.2) is 0 Å². The quantitative estimate of drug-likeness (QED) is 0.627. The summed E-state index contributed by atoms with van der Waals surface area (Å²) < 4.78 is 38.3. The number of carbonyl (C=O) groups excluding carboxylic acids is 1. The Morgan fingerprint density at radius 3 is 2.52 bits per heavy atom. The van der Waals surface area contributed by atoms with Gasteiger partial charge in [0.25, 0.3) is 5.91 Å². The second-order valence-corrected chi connectivity index (χ2v) is 4.81. The van der Waals surface area contributed by atoms with Crippen LogP contribution in [0.4, 0.5) is 18.9 Å². The molecule has 21 heavy (non-hydrogen) atoms. The molecule has 0 atom stereocenters. The second kappa shape index (κ2) is 7.31. The van der Waals surface area contributed by atoms with E-state index in [1.54, 1.807) is 0 Å². The number of aliphatic hydroxyl groups is 1. The highest BCUT2D eigenvalue weighted by molar-refractivity contribution is 5.94. The third-order valence-electron chi connectivity index (χ3n) is 3.10. The first-order valence-electron chi connectivity index (χ1n) is 6.60. The summed E-state index contributed by atoms with van der Waals surface area (Å²) in [6, 6.07) is 3.16. The molecular formula is C14H19F3N2O2. The van der Waals surface area contributed by atoms with Gasteiger partial charge in [0.2, 0.25) is 0 Å². The van der Waals surface area contributed by atoms with Crippen LogP contribution in [0.5, 0.6) is 0 Å². The molecule has 0 aromatic heterocycles. The van der Waals surface area contributed by atoms with Crippen LogP contribution in [0.1, 0.15) is 35.2 Å². The number of rotatable bonds is 6. The highest BCUT2D eigenvalue weighted by Gasteiger charge is 2.33. The maximum atomic E-state index is 12.8. The fourth-order valence-electron chi connectivity index (χ4n) is 1.89. The molecule has 0 aliphatic carbocycles. The van der Waals surface area contributed by atoms with Crippen molar-refractivity contribution in [1.29, 1.82) is 0 Å². The molecule has 0 spiro atoms. The van der Waals surface area contributed by atoms with Crippen LogP contribution in [0, 0.1) is 0 Å². The first-order chi connectivity index (χ1) is 9.77. The smallest absolute Gasteiger partial charge is 0.398 e. The van der Waals surface area contributed by atoms with Gasteiger partial charge in [-0.15, -0.1) is 0 Å². The summed E-state index contributed by atoms with van der Waals surface area (Å²) in [5.41, 5.74) is 3.86. The zero-order valence-electron chi connectivity index (χ0n) is 11.8. The van der Waals surface area contributed by atoms with E-state index < -0.39 is 23.3 Å². The van der Waals surface area contributed by atoms with Crippen LogP contribution in [0.3, 0.4) is 0 Å². The topological polar surface area (TPSA) is 66.6 Å². The highest BCUT2D eigenvalue weighted by Crippen LogP contribution is 2.34. The lowest BCUT2D eigenvalue weighted by atomic mass is 10.1. The van der Waals surface area contributed by atoms with Crippen molar-refractivity contribution in [3.05, 3.63) is 29.3 Å². The van der Waals surface area contributed by atoms with E-state index in [1.807, 2.05) is 0 Å². The van der Waals surface area contributed by atoms with Crippen molar-refractivity contribution in [2.45, 2.75) is 25.4 Å². The number of anilines is 1. The van der Waals surface area contributed by atoms with E-state index in [2.05, 4.69) is 0 Å². The molecule has 118 valence electrons. The number of nitrogens with zero attached hydrogens (tertiary/aromatic N) is 1. The Labute approximate surface area is 121 Å². The van der Waals surface area contributed by atoms with Crippen LogP contribution in [-0.2, 0) is 6.18 Å². The monoisotopic (exact) mass is 304 g/mol. The average Bonchev–Trinajstić information content (AvgIpc) is 2.42. The Hall–Kier alpha value is -1.76. The van der Waals surface area contributed by atoms with E-state index in [9.17, 15) is 18.0 Å². The molecule has 0 radical (unpaired) electrons. The normalized spacial score (nSPS) is 11.5. The number of nitrogens with two attached hydrogens (primary N) is 1. The summed E-state index contributed by atoms with van der Waals surface area (Å²) in [7, 11) is 1.53. The molecule has 0 saturated carbocycles. The number of aliphatic hydroxyl groups excluding tert-OH is 1. The Morgan fingerprint density at radius 2 is 1.95 bits per heavy atom. The summed E-state index contributed by atoms with van der Waals surface area (Å²) >= 11 is 0. The van der Waals surface area contributed by atoms with Crippen molar-refractivity contribution in [2.24, 2.45) is 0 Å². The van der Waals surface area contributed by atoms with Gasteiger partial charge in [-0.05, 0) is 37.5 Å². The van der Waals surface area contributed by atoms with Gasteiger partial charge in [-0.1, -0.05) is 0 Å². The summed E-state index contributed by atoms with van der Waals surface area (Å²) in [6.07, 6.45) is -2.50.